The minimum Gasteiger partial charge on any atom is -0.366 e. The molecule has 3 fully saturated rings. The molecule has 3 saturated carbocycles. The zero-order valence-electron chi connectivity index (χ0n) is 16.5. The molecule has 0 saturated heterocycles. The number of hydrogen-bond acceptors (Lipinski definition) is 2. The lowest BCUT2D eigenvalue weighted by atomic mass is 9.47. The average molecular weight is 355 g/mol. The van der Waals surface area contributed by atoms with Crippen molar-refractivity contribution in [3.8, 4) is 0 Å². The van der Waals surface area contributed by atoms with Crippen LogP contribution in [0.3, 0.4) is 0 Å². The second kappa shape index (κ2) is 6.06. The standard InChI is InChI=1S/C24H34O2/c1-3-16-14-17-15-18(25)6-7-19(17)20-8-11-23(4-2)21(22(16)20)9-12-24(23)10-5-13-26-24/h5,10,15-16,19-22H,3-4,6-9,11-14H2,1-2H3. The SMILES string of the molecule is CCC1CC2=CC(=O)CCC2C2CCC3(CC)C(CCC34C=CCO4)C12. The van der Waals surface area contributed by atoms with Gasteiger partial charge in [-0.3, -0.25) is 4.79 Å². The number of allylic oxidation sites excluding steroid dienone is 1. The Morgan fingerprint density at radius 1 is 1.19 bits per heavy atom. The number of carbonyl (C=O) groups is 1. The van der Waals surface area contributed by atoms with Gasteiger partial charge in [-0.15, -0.1) is 0 Å². The summed E-state index contributed by atoms with van der Waals surface area (Å²) < 4.78 is 6.47. The molecule has 0 radical (unpaired) electrons. The molecule has 5 rings (SSSR count). The summed E-state index contributed by atoms with van der Waals surface area (Å²) in [6, 6.07) is 0. The molecule has 142 valence electrons. The Hall–Kier alpha value is -0.890. The monoisotopic (exact) mass is 354 g/mol. The summed E-state index contributed by atoms with van der Waals surface area (Å²) in [5.41, 5.74) is 1.91. The highest BCUT2D eigenvalue weighted by Gasteiger charge is 2.65. The molecule has 7 atom stereocenters. The maximum Gasteiger partial charge on any atom is 0.155 e. The Kier molecular flexibility index (Phi) is 4.01. The van der Waals surface area contributed by atoms with E-state index in [-0.39, 0.29) is 5.60 Å². The fraction of sp³-hybridized carbons (Fsp3) is 0.792. The molecule has 0 aromatic carbocycles. The predicted octanol–water partition coefficient (Wildman–Crippen LogP) is 5.48. The third kappa shape index (κ3) is 2.11. The summed E-state index contributed by atoms with van der Waals surface area (Å²) in [4.78, 5) is 12.0. The largest absolute Gasteiger partial charge is 0.366 e. The van der Waals surface area contributed by atoms with Crippen molar-refractivity contribution in [1.29, 1.82) is 0 Å². The maximum absolute atomic E-state index is 12.0. The summed E-state index contributed by atoms with van der Waals surface area (Å²) in [6.07, 6.45) is 17.6. The molecule has 1 spiro atoms. The lowest BCUT2D eigenvalue weighted by Gasteiger charge is -2.59. The fourth-order valence-electron chi connectivity index (χ4n) is 8.34. The number of ketones is 1. The summed E-state index contributed by atoms with van der Waals surface area (Å²) in [6.45, 7) is 5.62. The highest BCUT2D eigenvalue weighted by atomic mass is 16.5. The molecule has 7 unspecified atom stereocenters. The van der Waals surface area contributed by atoms with Crippen molar-refractivity contribution in [3.05, 3.63) is 23.8 Å². The number of ether oxygens (including phenoxy) is 1. The molecule has 1 aliphatic heterocycles. The van der Waals surface area contributed by atoms with E-state index in [0.29, 0.717) is 17.1 Å². The van der Waals surface area contributed by atoms with Crippen LogP contribution < -0.4 is 0 Å². The quantitative estimate of drug-likeness (QED) is 0.614. The summed E-state index contributed by atoms with van der Waals surface area (Å²) in [5, 5.41) is 0. The van der Waals surface area contributed by atoms with Crippen molar-refractivity contribution in [2.75, 3.05) is 6.61 Å². The van der Waals surface area contributed by atoms with Crippen LogP contribution in [0.5, 0.6) is 0 Å². The van der Waals surface area contributed by atoms with Crippen LogP contribution in [0.4, 0.5) is 0 Å². The third-order valence-electron chi connectivity index (χ3n) is 9.33. The molecule has 0 bridgehead atoms. The second-order valence-corrected chi connectivity index (χ2v) is 9.74. The van der Waals surface area contributed by atoms with Gasteiger partial charge in [0.15, 0.2) is 5.78 Å². The Bertz CT molecular complexity index is 661. The van der Waals surface area contributed by atoms with Crippen LogP contribution in [0, 0.1) is 35.0 Å². The van der Waals surface area contributed by atoms with E-state index in [1.165, 1.54) is 50.5 Å². The molecule has 1 heterocycles. The fourth-order valence-corrected chi connectivity index (χ4v) is 8.34. The number of rotatable bonds is 2. The van der Waals surface area contributed by atoms with Gasteiger partial charge in [-0.05, 0) is 80.6 Å². The van der Waals surface area contributed by atoms with Crippen LogP contribution in [0.2, 0.25) is 0 Å². The molecule has 0 aromatic rings. The van der Waals surface area contributed by atoms with E-state index in [2.05, 4.69) is 26.0 Å². The van der Waals surface area contributed by atoms with Gasteiger partial charge >= 0.3 is 0 Å². The van der Waals surface area contributed by atoms with Crippen LogP contribution in [-0.2, 0) is 9.53 Å². The normalized spacial score (nSPS) is 49.7. The van der Waals surface area contributed by atoms with Crippen LogP contribution in [0.15, 0.2) is 23.8 Å². The van der Waals surface area contributed by atoms with Gasteiger partial charge in [0.25, 0.3) is 0 Å². The van der Waals surface area contributed by atoms with Gasteiger partial charge in [0, 0.05) is 11.8 Å². The van der Waals surface area contributed by atoms with Gasteiger partial charge < -0.3 is 4.74 Å². The van der Waals surface area contributed by atoms with E-state index in [9.17, 15) is 4.79 Å². The molecular weight excluding hydrogens is 320 g/mol. The average Bonchev–Trinajstić information content (AvgIpc) is 3.27. The van der Waals surface area contributed by atoms with E-state index in [1.807, 2.05) is 6.08 Å². The van der Waals surface area contributed by atoms with Crippen molar-refractivity contribution in [2.24, 2.45) is 35.0 Å². The van der Waals surface area contributed by atoms with Crippen LogP contribution >= 0.6 is 0 Å². The molecule has 0 N–H and O–H groups in total. The first-order valence-electron chi connectivity index (χ1n) is 11.2. The van der Waals surface area contributed by atoms with Gasteiger partial charge in [0.05, 0.1) is 12.2 Å². The molecule has 5 aliphatic rings. The first kappa shape index (κ1) is 17.2. The van der Waals surface area contributed by atoms with E-state index in [0.717, 1.165) is 43.1 Å². The summed E-state index contributed by atoms with van der Waals surface area (Å²) in [7, 11) is 0. The van der Waals surface area contributed by atoms with Crippen molar-refractivity contribution in [2.45, 2.75) is 77.2 Å². The first-order chi connectivity index (χ1) is 12.6. The minimum absolute atomic E-state index is 0.0360. The minimum atomic E-state index is 0.0360. The number of hydrogen-bond donors (Lipinski definition) is 0. The highest BCUT2D eigenvalue weighted by Crippen LogP contribution is 2.69. The Morgan fingerprint density at radius 2 is 2.08 bits per heavy atom. The molecule has 2 nitrogen and oxygen atoms in total. The van der Waals surface area contributed by atoms with Crippen molar-refractivity contribution in [3.63, 3.8) is 0 Å². The Balaban J connectivity index is 1.54. The lowest BCUT2D eigenvalue weighted by molar-refractivity contribution is -0.134. The predicted molar refractivity (Wildman–Crippen MR) is 104 cm³/mol. The van der Waals surface area contributed by atoms with E-state index in [1.54, 1.807) is 0 Å². The topological polar surface area (TPSA) is 26.3 Å². The second-order valence-electron chi connectivity index (χ2n) is 9.74. The molecule has 0 amide bonds. The maximum atomic E-state index is 12.0. The first-order valence-corrected chi connectivity index (χ1v) is 11.2. The summed E-state index contributed by atoms with van der Waals surface area (Å²) >= 11 is 0. The van der Waals surface area contributed by atoms with Crippen molar-refractivity contribution < 1.29 is 9.53 Å². The number of fused-ring (bicyclic) bond motifs is 6. The molecule has 26 heavy (non-hydrogen) atoms. The van der Waals surface area contributed by atoms with Gasteiger partial charge in [0.1, 0.15) is 0 Å². The van der Waals surface area contributed by atoms with Gasteiger partial charge in [0.2, 0.25) is 0 Å². The Morgan fingerprint density at radius 3 is 2.81 bits per heavy atom. The molecule has 0 aromatic heterocycles. The van der Waals surface area contributed by atoms with Gasteiger partial charge in [-0.25, -0.2) is 0 Å². The summed E-state index contributed by atoms with van der Waals surface area (Å²) in [5.74, 6) is 4.34. The molecular formula is C24H34O2. The zero-order valence-corrected chi connectivity index (χ0v) is 16.5. The van der Waals surface area contributed by atoms with Crippen LogP contribution in [0.25, 0.3) is 0 Å². The van der Waals surface area contributed by atoms with Crippen LogP contribution in [-0.4, -0.2) is 18.0 Å². The highest BCUT2D eigenvalue weighted by molar-refractivity contribution is 5.91. The van der Waals surface area contributed by atoms with Gasteiger partial charge in [-0.2, -0.15) is 0 Å². The zero-order chi connectivity index (χ0) is 17.9. The van der Waals surface area contributed by atoms with Crippen molar-refractivity contribution >= 4 is 5.78 Å². The smallest absolute Gasteiger partial charge is 0.155 e. The lowest BCUT2D eigenvalue weighted by Crippen LogP contribution is -2.55. The van der Waals surface area contributed by atoms with E-state index < -0.39 is 0 Å². The van der Waals surface area contributed by atoms with E-state index >= 15 is 0 Å². The Labute approximate surface area is 158 Å². The van der Waals surface area contributed by atoms with E-state index in [4.69, 9.17) is 4.74 Å². The van der Waals surface area contributed by atoms with Gasteiger partial charge in [-0.1, -0.05) is 38.0 Å². The molecule has 4 aliphatic carbocycles. The number of carbonyl (C=O) groups excluding carboxylic acids is 1. The molecule has 2 heteroatoms. The third-order valence-corrected chi connectivity index (χ3v) is 9.33. The van der Waals surface area contributed by atoms with Crippen molar-refractivity contribution in [1.82, 2.24) is 0 Å². The van der Waals surface area contributed by atoms with Crippen LogP contribution in [0.1, 0.15) is 71.6 Å².